The Hall–Kier alpha value is -3.77. The molecule has 2 aromatic carbocycles. The lowest BCUT2D eigenvalue weighted by atomic mass is 9.87. The fraction of sp³-hybridized carbons (Fsp3) is 0.323. The number of imidazole rings is 1. The highest BCUT2D eigenvalue weighted by Gasteiger charge is 2.20. The molecule has 1 saturated heterocycles. The van der Waals surface area contributed by atoms with Crippen LogP contribution in [-0.2, 0) is 12.0 Å². The van der Waals surface area contributed by atoms with Gasteiger partial charge < -0.3 is 9.88 Å². The summed E-state index contributed by atoms with van der Waals surface area (Å²) in [6.07, 6.45) is 7.57. The number of piperazine rings is 1. The fourth-order valence-electron chi connectivity index (χ4n) is 5.00. The molecule has 37 heavy (non-hydrogen) atoms. The second kappa shape index (κ2) is 10.3. The van der Waals surface area contributed by atoms with E-state index in [9.17, 15) is 0 Å². The molecule has 0 bridgehead atoms. The summed E-state index contributed by atoms with van der Waals surface area (Å²) in [6, 6.07) is 15.0. The maximum Gasteiger partial charge on any atom is 0.138 e. The second-order valence-corrected chi connectivity index (χ2v) is 10.7. The third-order valence-corrected chi connectivity index (χ3v) is 7.17. The van der Waals surface area contributed by atoms with Gasteiger partial charge in [0.2, 0.25) is 0 Å². The average Bonchev–Trinajstić information content (AvgIpc) is 3.34. The summed E-state index contributed by atoms with van der Waals surface area (Å²) in [4.78, 5) is 22.5. The maximum atomic E-state index is 5.04. The molecule has 6 nitrogen and oxygen atoms in total. The van der Waals surface area contributed by atoms with Crippen LogP contribution in [0.3, 0.4) is 0 Å². The van der Waals surface area contributed by atoms with Gasteiger partial charge in [-0.1, -0.05) is 69.8 Å². The minimum atomic E-state index is 0.127. The van der Waals surface area contributed by atoms with Gasteiger partial charge >= 0.3 is 0 Å². The van der Waals surface area contributed by atoms with E-state index in [2.05, 4.69) is 101 Å². The lowest BCUT2D eigenvalue weighted by Crippen LogP contribution is -2.47. The van der Waals surface area contributed by atoms with Crippen molar-refractivity contribution in [2.75, 3.05) is 26.2 Å². The van der Waals surface area contributed by atoms with E-state index in [-0.39, 0.29) is 5.41 Å². The van der Waals surface area contributed by atoms with Gasteiger partial charge in [0.25, 0.3) is 0 Å². The fourth-order valence-corrected chi connectivity index (χ4v) is 5.00. The summed E-state index contributed by atoms with van der Waals surface area (Å²) in [6.45, 7) is 17.5. The van der Waals surface area contributed by atoms with Crippen molar-refractivity contribution >= 4 is 22.8 Å². The Bertz CT molecular complexity index is 1510. The number of fused-ring (bicyclic) bond motifs is 1. The van der Waals surface area contributed by atoms with E-state index in [1.807, 2.05) is 12.1 Å². The molecule has 4 aromatic rings. The average molecular weight is 493 g/mol. The van der Waals surface area contributed by atoms with Crippen molar-refractivity contribution in [3.8, 4) is 11.4 Å². The standard InChI is InChI=1S/C31H36N6/c1-6-25-29(35-30(34-25)22-11-13-24(14-12-22)31(3,4)5)27(7-2)37-19-17-36(18-20-37)21-23-9-8-10-26-28(23)33-16-15-32-26/h6-16H,2,17-21H2,1,3-5H3,(H,34,35)/b25-6+,29-27-. The molecule has 1 aliphatic heterocycles. The van der Waals surface area contributed by atoms with Gasteiger partial charge in [0, 0.05) is 50.7 Å². The molecule has 3 heterocycles. The molecule has 1 N–H and O–H groups in total. The zero-order valence-electron chi connectivity index (χ0n) is 22.3. The van der Waals surface area contributed by atoms with Crippen molar-refractivity contribution in [1.82, 2.24) is 29.7 Å². The predicted octanol–water partition coefficient (Wildman–Crippen LogP) is 4.23. The van der Waals surface area contributed by atoms with Crippen LogP contribution in [0, 0.1) is 0 Å². The number of benzene rings is 2. The van der Waals surface area contributed by atoms with Crippen LogP contribution in [-0.4, -0.2) is 55.9 Å². The number of aromatic amines is 1. The molecule has 190 valence electrons. The van der Waals surface area contributed by atoms with Gasteiger partial charge in [-0.2, -0.15) is 0 Å². The van der Waals surface area contributed by atoms with Crippen LogP contribution in [0.25, 0.3) is 34.2 Å². The highest BCUT2D eigenvalue weighted by Crippen LogP contribution is 2.24. The largest absolute Gasteiger partial charge is 0.367 e. The number of nitrogens with zero attached hydrogens (tertiary/aromatic N) is 5. The number of para-hydroxylation sites is 1. The molecule has 1 aliphatic rings. The molecule has 0 spiro atoms. The Labute approximate surface area is 219 Å². The van der Waals surface area contributed by atoms with Crippen LogP contribution in [0.1, 0.15) is 38.8 Å². The summed E-state index contributed by atoms with van der Waals surface area (Å²) in [5.41, 5.74) is 6.79. The third-order valence-electron chi connectivity index (χ3n) is 7.17. The quantitative estimate of drug-likeness (QED) is 0.452. The number of hydrogen-bond acceptors (Lipinski definition) is 5. The van der Waals surface area contributed by atoms with E-state index >= 15 is 0 Å². The topological polar surface area (TPSA) is 60.9 Å². The van der Waals surface area contributed by atoms with E-state index in [0.717, 1.165) is 71.5 Å². The first-order valence-corrected chi connectivity index (χ1v) is 13.0. The van der Waals surface area contributed by atoms with Gasteiger partial charge in [0.05, 0.1) is 22.1 Å². The summed E-state index contributed by atoms with van der Waals surface area (Å²) in [5.74, 6) is 0.888. The molecule has 5 rings (SSSR count). The Morgan fingerprint density at radius 1 is 1.00 bits per heavy atom. The molecule has 2 aromatic heterocycles. The summed E-state index contributed by atoms with van der Waals surface area (Å²) >= 11 is 0. The summed E-state index contributed by atoms with van der Waals surface area (Å²) in [7, 11) is 0. The van der Waals surface area contributed by atoms with E-state index in [1.165, 1.54) is 11.1 Å². The van der Waals surface area contributed by atoms with Gasteiger partial charge in [-0.05, 0) is 35.6 Å². The SMILES string of the molecule is C=C/C(=c1/nc(-c2ccc(C(C)(C)C)cc2)[nH]/c1=C/C)N1CCN(Cc2cccc3nccnc23)CC1. The van der Waals surface area contributed by atoms with Crippen molar-refractivity contribution < 1.29 is 0 Å². The Morgan fingerprint density at radius 3 is 2.41 bits per heavy atom. The first-order chi connectivity index (χ1) is 17.9. The number of rotatable bonds is 5. The van der Waals surface area contributed by atoms with Crippen molar-refractivity contribution in [3.05, 3.63) is 89.3 Å². The van der Waals surface area contributed by atoms with E-state index in [0.29, 0.717) is 0 Å². The van der Waals surface area contributed by atoms with Crippen molar-refractivity contribution in [2.24, 2.45) is 0 Å². The number of H-pyrrole nitrogens is 1. The van der Waals surface area contributed by atoms with Crippen LogP contribution in [0.5, 0.6) is 0 Å². The molecule has 0 amide bonds. The predicted molar refractivity (Wildman–Crippen MR) is 152 cm³/mol. The molecule has 1 fully saturated rings. The Balaban J connectivity index is 1.37. The Morgan fingerprint density at radius 2 is 1.73 bits per heavy atom. The molecule has 0 atom stereocenters. The molecular formula is C31H36N6. The van der Waals surface area contributed by atoms with Crippen LogP contribution in [0.15, 0.2) is 67.5 Å². The molecule has 0 unspecified atom stereocenters. The molecular weight excluding hydrogens is 456 g/mol. The number of hydrogen-bond donors (Lipinski definition) is 1. The van der Waals surface area contributed by atoms with Gasteiger partial charge in [-0.3, -0.25) is 14.9 Å². The Kier molecular flexibility index (Phi) is 6.94. The van der Waals surface area contributed by atoms with Crippen LogP contribution in [0.2, 0.25) is 0 Å². The van der Waals surface area contributed by atoms with Crippen molar-refractivity contribution in [2.45, 2.75) is 39.7 Å². The lowest BCUT2D eigenvalue weighted by Gasteiger charge is -2.36. The molecule has 0 aliphatic carbocycles. The van der Waals surface area contributed by atoms with E-state index < -0.39 is 0 Å². The van der Waals surface area contributed by atoms with Crippen molar-refractivity contribution in [1.29, 1.82) is 0 Å². The van der Waals surface area contributed by atoms with Crippen LogP contribution < -0.4 is 10.7 Å². The van der Waals surface area contributed by atoms with Crippen molar-refractivity contribution in [3.63, 3.8) is 0 Å². The highest BCUT2D eigenvalue weighted by molar-refractivity contribution is 5.77. The minimum absolute atomic E-state index is 0.127. The lowest BCUT2D eigenvalue weighted by molar-refractivity contribution is 0.169. The van der Waals surface area contributed by atoms with E-state index in [4.69, 9.17) is 4.98 Å². The maximum absolute atomic E-state index is 5.04. The normalized spacial score (nSPS) is 16.3. The molecule has 6 heteroatoms. The highest BCUT2D eigenvalue weighted by atomic mass is 15.3. The molecule has 0 radical (unpaired) electrons. The van der Waals surface area contributed by atoms with Gasteiger partial charge in [0.1, 0.15) is 11.2 Å². The van der Waals surface area contributed by atoms with Crippen LogP contribution in [0.4, 0.5) is 0 Å². The zero-order valence-corrected chi connectivity index (χ0v) is 22.3. The second-order valence-electron chi connectivity index (χ2n) is 10.7. The summed E-state index contributed by atoms with van der Waals surface area (Å²) in [5, 5.41) is 1.99. The zero-order chi connectivity index (χ0) is 26.0. The van der Waals surface area contributed by atoms with Gasteiger partial charge in [-0.25, -0.2) is 4.98 Å². The minimum Gasteiger partial charge on any atom is -0.367 e. The molecule has 0 saturated carbocycles. The number of aromatic nitrogens is 4. The van der Waals surface area contributed by atoms with Gasteiger partial charge in [-0.15, -0.1) is 0 Å². The monoisotopic (exact) mass is 492 g/mol. The summed E-state index contributed by atoms with van der Waals surface area (Å²) < 4.78 is 0. The van der Waals surface area contributed by atoms with Gasteiger partial charge in [0.15, 0.2) is 0 Å². The number of nitrogens with one attached hydrogen (secondary N) is 1. The third kappa shape index (κ3) is 5.20. The van der Waals surface area contributed by atoms with E-state index in [1.54, 1.807) is 12.4 Å². The first kappa shape index (κ1) is 24.9. The first-order valence-electron chi connectivity index (χ1n) is 13.0. The smallest absolute Gasteiger partial charge is 0.138 e. The van der Waals surface area contributed by atoms with Crippen LogP contribution >= 0.6 is 0 Å².